The zero-order valence-electron chi connectivity index (χ0n) is 12.1. The van der Waals surface area contributed by atoms with Gasteiger partial charge in [-0.05, 0) is 30.3 Å². The van der Waals surface area contributed by atoms with Crippen LogP contribution in [0.4, 0.5) is 5.69 Å². The number of rotatable bonds is 4. The molecule has 0 aromatic carbocycles. The van der Waals surface area contributed by atoms with Gasteiger partial charge in [0.25, 0.3) is 15.9 Å². The molecule has 122 valence electrons. The number of pyridine rings is 2. The van der Waals surface area contributed by atoms with Crippen molar-refractivity contribution in [2.75, 3.05) is 5.32 Å². The van der Waals surface area contributed by atoms with Gasteiger partial charge in [-0.15, -0.1) is 0 Å². The summed E-state index contributed by atoms with van der Waals surface area (Å²) in [5, 5.41) is 2.77. The first-order valence-electron chi connectivity index (χ1n) is 6.74. The second-order valence-electron chi connectivity index (χ2n) is 4.72. The maximum absolute atomic E-state index is 12.4. The summed E-state index contributed by atoms with van der Waals surface area (Å²) in [6.07, 6.45) is 5.35. The predicted octanol–water partition coefficient (Wildman–Crippen LogP) is 2.42. The second kappa shape index (κ2) is 6.42. The van der Waals surface area contributed by atoms with Crippen LogP contribution in [0, 0.1) is 0 Å². The Labute approximate surface area is 143 Å². The minimum Gasteiger partial charge on any atom is -0.319 e. The van der Waals surface area contributed by atoms with Crippen molar-refractivity contribution in [3.8, 4) is 0 Å². The molecule has 0 aliphatic rings. The SMILES string of the molecule is O=C(Nc1ccn(S(=O)(=O)c2ccc(Cl)cn2)c1)c1ccccn1. The average Bonchev–Trinajstić information content (AvgIpc) is 3.05. The van der Waals surface area contributed by atoms with E-state index in [1.807, 2.05) is 0 Å². The summed E-state index contributed by atoms with van der Waals surface area (Å²) in [4.78, 5) is 19.8. The van der Waals surface area contributed by atoms with Crippen LogP contribution in [-0.2, 0) is 10.0 Å². The number of aromatic nitrogens is 3. The molecule has 3 heterocycles. The first kappa shape index (κ1) is 16.2. The van der Waals surface area contributed by atoms with Crippen LogP contribution < -0.4 is 5.32 Å². The van der Waals surface area contributed by atoms with Gasteiger partial charge in [0.2, 0.25) is 0 Å². The molecular weight excluding hydrogens is 352 g/mol. The number of hydrogen-bond donors (Lipinski definition) is 1. The third-order valence-electron chi connectivity index (χ3n) is 3.06. The van der Waals surface area contributed by atoms with Crippen molar-refractivity contribution in [2.24, 2.45) is 0 Å². The fraction of sp³-hybridized carbons (Fsp3) is 0. The van der Waals surface area contributed by atoms with Crippen molar-refractivity contribution in [2.45, 2.75) is 5.03 Å². The van der Waals surface area contributed by atoms with Crippen LogP contribution in [0.3, 0.4) is 0 Å². The van der Waals surface area contributed by atoms with Gasteiger partial charge in [0.05, 0.1) is 10.7 Å². The van der Waals surface area contributed by atoms with Gasteiger partial charge in [0, 0.05) is 24.8 Å². The summed E-state index contributed by atoms with van der Waals surface area (Å²) in [5.74, 6) is -0.435. The summed E-state index contributed by atoms with van der Waals surface area (Å²) in [6, 6.07) is 9.15. The molecule has 1 amide bonds. The van der Waals surface area contributed by atoms with Crippen molar-refractivity contribution in [1.29, 1.82) is 0 Å². The Kier molecular flexibility index (Phi) is 4.32. The molecule has 7 nitrogen and oxygen atoms in total. The van der Waals surface area contributed by atoms with Crippen LogP contribution in [0.15, 0.2) is 66.2 Å². The van der Waals surface area contributed by atoms with E-state index in [0.717, 1.165) is 3.97 Å². The van der Waals surface area contributed by atoms with Crippen molar-refractivity contribution in [1.82, 2.24) is 13.9 Å². The molecule has 3 aromatic rings. The van der Waals surface area contributed by atoms with E-state index < -0.39 is 15.9 Å². The van der Waals surface area contributed by atoms with E-state index >= 15 is 0 Å². The fourth-order valence-corrected chi connectivity index (χ4v) is 3.14. The fourth-order valence-electron chi connectivity index (χ4n) is 1.92. The standard InChI is InChI=1S/C15H11ClN4O3S/c16-11-4-5-14(18-9-11)24(22,23)20-8-6-12(10-20)19-15(21)13-3-1-2-7-17-13/h1-10H,(H,19,21). The van der Waals surface area contributed by atoms with E-state index in [0.29, 0.717) is 10.7 Å². The summed E-state index contributed by atoms with van der Waals surface area (Å²) in [5.41, 5.74) is 0.552. The Balaban J connectivity index is 1.83. The van der Waals surface area contributed by atoms with Crippen LogP contribution in [0.5, 0.6) is 0 Å². The largest absolute Gasteiger partial charge is 0.319 e. The molecular formula is C15H11ClN4O3S. The summed E-state index contributed by atoms with van der Waals surface area (Å²) < 4.78 is 25.9. The number of nitrogens with zero attached hydrogens (tertiary/aromatic N) is 3. The van der Waals surface area contributed by atoms with Crippen molar-refractivity contribution >= 4 is 33.2 Å². The number of carbonyl (C=O) groups excluding carboxylic acids is 1. The molecule has 0 saturated heterocycles. The lowest BCUT2D eigenvalue weighted by Crippen LogP contribution is -2.14. The van der Waals surface area contributed by atoms with Crippen LogP contribution in [0.2, 0.25) is 5.02 Å². The Morgan fingerprint density at radius 1 is 1.12 bits per heavy atom. The lowest BCUT2D eigenvalue weighted by Gasteiger charge is -2.05. The van der Waals surface area contributed by atoms with Crippen LogP contribution in [0.25, 0.3) is 0 Å². The third-order valence-corrected chi connectivity index (χ3v) is 4.84. The molecule has 0 atom stereocenters. The zero-order chi connectivity index (χ0) is 17.2. The lowest BCUT2D eigenvalue weighted by molar-refractivity contribution is 0.102. The minimum atomic E-state index is -3.86. The zero-order valence-corrected chi connectivity index (χ0v) is 13.7. The minimum absolute atomic E-state index is 0.148. The van der Waals surface area contributed by atoms with Gasteiger partial charge in [-0.25, -0.2) is 8.96 Å². The highest BCUT2D eigenvalue weighted by molar-refractivity contribution is 7.89. The van der Waals surface area contributed by atoms with Crippen molar-refractivity contribution < 1.29 is 13.2 Å². The molecule has 0 aliphatic heterocycles. The van der Waals surface area contributed by atoms with Crippen LogP contribution in [-0.4, -0.2) is 28.3 Å². The smallest absolute Gasteiger partial charge is 0.285 e. The number of amides is 1. The van der Waals surface area contributed by atoms with Crippen molar-refractivity contribution in [3.63, 3.8) is 0 Å². The number of carbonyl (C=O) groups is 1. The summed E-state index contributed by atoms with van der Waals surface area (Å²) in [7, 11) is -3.86. The molecule has 0 unspecified atom stereocenters. The molecule has 0 spiro atoms. The summed E-state index contributed by atoms with van der Waals surface area (Å²) >= 11 is 5.71. The van der Waals surface area contributed by atoms with Crippen LogP contribution >= 0.6 is 11.6 Å². The second-order valence-corrected chi connectivity index (χ2v) is 6.95. The molecule has 3 aromatic heterocycles. The Morgan fingerprint density at radius 2 is 1.96 bits per heavy atom. The van der Waals surface area contributed by atoms with Crippen molar-refractivity contribution in [3.05, 3.63) is 71.9 Å². The molecule has 0 fully saturated rings. The topological polar surface area (TPSA) is 94.0 Å². The first-order valence-corrected chi connectivity index (χ1v) is 8.56. The number of hydrogen-bond acceptors (Lipinski definition) is 5. The molecule has 9 heteroatoms. The lowest BCUT2D eigenvalue weighted by atomic mass is 10.3. The van der Waals surface area contributed by atoms with Gasteiger partial charge in [0.1, 0.15) is 5.69 Å². The molecule has 3 rings (SSSR count). The number of nitrogens with one attached hydrogen (secondary N) is 1. The Hall–Kier alpha value is -2.71. The van der Waals surface area contributed by atoms with E-state index in [2.05, 4.69) is 15.3 Å². The van der Waals surface area contributed by atoms with Gasteiger partial charge >= 0.3 is 0 Å². The normalized spacial score (nSPS) is 11.2. The van der Waals surface area contributed by atoms with Gasteiger partial charge in [-0.2, -0.15) is 8.42 Å². The number of halogens is 1. The number of anilines is 1. The van der Waals surface area contributed by atoms with E-state index in [1.54, 1.807) is 18.2 Å². The molecule has 1 N–H and O–H groups in total. The summed E-state index contributed by atoms with van der Waals surface area (Å²) in [6.45, 7) is 0. The van der Waals surface area contributed by atoms with Gasteiger partial charge in [0.15, 0.2) is 5.03 Å². The maximum atomic E-state index is 12.4. The molecule has 0 saturated carbocycles. The molecule has 0 bridgehead atoms. The quantitative estimate of drug-likeness (QED) is 0.769. The predicted molar refractivity (Wildman–Crippen MR) is 88.5 cm³/mol. The van der Waals surface area contributed by atoms with Gasteiger partial charge < -0.3 is 5.32 Å². The Bertz CT molecular complexity index is 969. The highest BCUT2D eigenvalue weighted by Crippen LogP contribution is 2.17. The molecule has 0 radical (unpaired) electrons. The maximum Gasteiger partial charge on any atom is 0.285 e. The highest BCUT2D eigenvalue weighted by atomic mass is 35.5. The van der Waals surface area contributed by atoms with Gasteiger partial charge in [-0.1, -0.05) is 17.7 Å². The monoisotopic (exact) mass is 362 g/mol. The Morgan fingerprint density at radius 3 is 2.62 bits per heavy atom. The highest BCUT2D eigenvalue weighted by Gasteiger charge is 2.19. The molecule has 0 aliphatic carbocycles. The van der Waals surface area contributed by atoms with Gasteiger partial charge in [-0.3, -0.25) is 9.78 Å². The van der Waals surface area contributed by atoms with E-state index in [1.165, 1.54) is 43.0 Å². The van der Waals surface area contributed by atoms with Crippen LogP contribution in [0.1, 0.15) is 10.5 Å². The van der Waals surface area contributed by atoms with E-state index in [9.17, 15) is 13.2 Å². The van der Waals surface area contributed by atoms with E-state index in [4.69, 9.17) is 11.6 Å². The average molecular weight is 363 g/mol. The first-order chi connectivity index (χ1) is 11.5. The molecule has 24 heavy (non-hydrogen) atoms. The van der Waals surface area contributed by atoms with E-state index in [-0.39, 0.29) is 10.7 Å². The third kappa shape index (κ3) is 3.29.